The molecule has 0 aliphatic heterocycles. The van der Waals surface area contributed by atoms with Gasteiger partial charge < -0.3 is 20.1 Å². The van der Waals surface area contributed by atoms with E-state index in [1.807, 2.05) is 0 Å². The van der Waals surface area contributed by atoms with Gasteiger partial charge in [0.2, 0.25) is 0 Å². The molecule has 0 spiro atoms. The highest BCUT2D eigenvalue weighted by Gasteiger charge is 2.14. The van der Waals surface area contributed by atoms with Gasteiger partial charge in [0.15, 0.2) is 0 Å². The average Bonchev–Trinajstić information content (AvgIpc) is 2.77. The number of carbonyl (C=O) groups excluding carboxylic acids is 1. The highest BCUT2D eigenvalue weighted by Crippen LogP contribution is 2.27. The lowest BCUT2D eigenvalue weighted by Gasteiger charge is -2.15. The summed E-state index contributed by atoms with van der Waals surface area (Å²) in [7, 11) is 3.01. The Morgan fingerprint density at radius 2 is 1.83 bits per heavy atom. The molecule has 1 aromatic heterocycles. The van der Waals surface area contributed by atoms with Crippen molar-refractivity contribution >= 4 is 11.6 Å². The van der Waals surface area contributed by atoms with Gasteiger partial charge in [-0.2, -0.15) is 8.78 Å². The molecule has 1 heterocycles. The number of carbonyl (C=O) groups is 1. The van der Waals surface area contributed by atoms with Crippen LogP contribution in [0.15, 0.2) is 54.9 Å². The fraction of sp³-hybridized carbons (Fsp3) is 0.190. The number of alkyl halides is 2. The molecule has 3 rings (SSSR count). The topological polar surface area (TPSA) is 85.4 Å². The first kappa shape index (κ1) is 21.0. The summed E-state index contributed by atoms with van der Waals surface area (Å²) in [6.45, 7) is -2.75. The lowest BCUT2D eigenvalue weighted by atomic mass is 10.0. The Morgan fingerprint density at radius 3 is 2.50 bits per heavy atom. The summed E-state index contributed by atoms with van der Waals surface area (Å²) in [6, 6.07) is 11.9. The zero-order valence-electron chi connectivity index (χ0n) is 16.4. The number of anilines is 1. The van der Waals surface area contributed by atoms with Crippen molar-refractivity contribution in [3.8, 4) is 22.9 Å². The van der Waals surface area contributed by atoms with E-state index in [1.54, 1.807) is 48.8 Å². The maximum atomic E-state index is 12.7. The number of methoxy groups -OCH3 is 1. The second-order valence-corrected chi connectivity index (χ2v) is 6.14. The Bertz CT molecular complexity index is 1010. The number of para-hydroxylation sites is 1. The van der Waals surface area contributed by atoms with Crippen LogP contribution in [0.25, 0.3) is 11.1 Å². The monoisotopic (exact) mass is 414 g/mol. The molecule has 3 aromatic rings. The van der Waals surface area contributed by atoms with Gasteiger partial charge in [0.05, 0.1) is 12.7 Å². The molecular formula is C21H20F2N4O3. The van der Waals surface area contributed by atoms with Crippen LogP contribution >= 0.6 is 0 Å². The molecule has 0 bridgehead atoms. The predicted octanol–water partition coefficient (Wildman–Crippen LogP) is 3.73. The van der Waals surface area contributed by atoms with E-state index in [4.69, 9.17) is 4.74 Å². The number of nitrogens with zero attached hydrogens (tertiary/aromatic N) is 2. The summed E-state index contributed by atoms with van der Waals surface area (Å²) in [4.78, 5) is 20.5. The van der Waals surface area contributed by atoms with Crippen molar-refractivity contribution in [1.82, 2.24) is 15.3 Å². The number of nitrogens with one attached hydrogen (secondary N) is 2. The molecule has 156 valence electrons. The summed E-state index contributed by atoms with van der Waals surface area (Å²) in [5, 5.41) is 5.73. The van der Waals surface area contributed by atoms with E-state index in [-0.39, 0.29) is 24.2 Å². The average molecular weight is 414 g/mol. The Hall–Kier alpha value is -3.75. The van der Waals surface area contributed by atoms with Crippen molar-refractivity contribution < 1.29 is 23.0 Å². The quantitative estimate of drug-likeness (QED) is 0.584. The van der Waals surface area contributed by atoms with Crippen molar-refractivity contribution in [2.24, 2.45) is 0 Å². The van der Waals surface area contributed by atoms with Gasteiger partial charge in [-0.15, -0.1) is 0 Å². The molecule has 1 amide bonds. The number of hydrogen-bond acceptors (Lipinski definition) is 6. The van der Waals surface area contributed by atoms with Crippen LogP contribution in [0.4, 0.5) is 14.5 Å². The smallest absolute Gasteiger partial charge is 0.387 e. The third-order valence-corrected chi connectivity index (χ3v) is 4.29. The molecule has 0 saturated heterocycles. The number of rotatable bonds is 8. The second kappa shape index (κ2) is 9.64. The van der Waals surface area contributed by atoms with Gasteiger partial charge in [-0.3, -0.25) is 4.79 Å². The minimum absolute atomic E-state index is 0.0706. The third-order valence-electron chi connectivity index (χ3n) is 4.29. The van der Waals surface area contributed by atoms with E-state index in [0.29, 0.717) is 16.8 Å². The molecule has 0 fully saturated rings. The van der Waals surface area contributed by atoms with E-state index >= 15 is 0 Å². The number of amides is 1. The van der Waals surface area contributed by atoms with Crippen LogP contribution < -0.4 is 20.1 Å². The largest absolute Gasteiger partial charge is 0.467 e. The van der Waals surface area contributed by atoms with Crippen molar-refractivity contribution in [2.45, 2.75) is 13.2 Å². The van der Waals surface area contributed by atoms with Gasteiger partial charge >= 0.3 is 12.6 Å². The zero-order valence-corrected chi connectivity index (χ0v) is 16.4. The lowest BCUT2D eigenvalue weighted by molar-refractivity contribution is -0.0504. The fourth-order valence-electron chi connectivity index (χ4n) is 2.82. The van der Waals surface area contributed by atoms with Crippen LogP contribution in [0, 0.1) is 0 Å². The first-order chi connectivity index (χ1) is 14.5. The SMILES string of the molecule is CNC(=O)c1ccc(-c2cnc(OC)nc2)cc1NCc1ccccc1OC(F)F. The van der Waals surface area contributed by atoms with Crippen LogP contribution in [0.3, 0.4) is 0 Å². The number of aromatic nitrogens is 2. The minimum Gasteiger partial charge on any atom is -0.467 e. The van der Waals surface area contributed by atoms with Gasteiger partial charge in [-0.1, -0.05) is 24.3 Å². The summed E-state index contributed by atoms with van der Waals surface area (Å²) in [5.74, 6) is -0.214. The molecule has 7 nitrogen and oxygen atoms in total. The van der Waals surface area contributed by atoms with Crippen LogP contribution in [-0.4, -0.2) is 36.6 Å². The molecule has 2 aromatic carbocycles. The summed E-state index contributed by atoms with van der Waals surface area (Å²) >= 11 is 0. The first-order valence-electron chi connectivity index (χ1n) is 9.01. The molecule has 0 saturated carbocycles. The molecule has 0 unspecified atom stereocenters. The lowest BCUT2D eigenvalue weighted by Crippen LogP contribution is -2.19. The number of halogens is 2. The summed E-state index contributed by atoms with van der Waals surface area (Å²) in [6.07, 6.45) is 3.21. The first-order valence-corrected chi connectivity index (χ1v) is 9.01. The normalized spacial score (nSPS) is 10.6. The number of ether oxygens (including phenoxy) is 2. The summed E-state index contributed by atoms with van der Waals surface area (Å²) < 4.78 is 34.8. The molecule has 0 radical (unpaired) electrons. The minimum atomic E-state index is -2.93. The van der Waals surface area contributed by atoms with Crippen LogP contribution in [-0.2, 0) is 6.54 Å². The molecule has 0 aliphatic rings. The second-order valence-electron chi connectivity index (χ2n) is 6.14. The maximum Gasteiger partial charge on any atom is 0.387 e. The standard InChI is InChI=1S/C21H20F2N4O3/c1-24-19(28)16-8-7-13(15-11-26-21(29-2)27-12-15)9-17(16)25-10-14-5-3-4-6-18(14)30-20(22)23/h3-9,11-12,20,25H,10H2,1-2H3,(H,24,28). The number of benzene rings is 2. The molecular weight excluding hydrogens is 394 g/mol. The molecule has 0 atom stereocenters. The third kappa shape index (κ3) is 4.99. The van der Waals surface area contributed by atoms with E-state index in [2.05, 4.69) is 25.3 Å². The fourth-order valence-corrected chi connectivity index (χ4v) is 2.82. The Kier molecular flexibility index (Phi) is 6.74. The highest BCUT2D eigenvalue weighted by molar-refractivity contribution is 6.00. The van der Waals surface area contributed by atoms with Gasteiger partial charge in [-0.25, -0.2) is 9.97 Å². The Labute approximate surface area is 172 Å². The Morgan fingerprint density at radius 1 is 1.10 bits per heavy atom. The Balaban J connectivity index is 1.90. The van der Waals surface area contributed by atoms with Crippen molar-refractivity contribution in [3.05, 3.63) is 66.0 Å². The van der Waals surface area contributed by atoms with Gasteiger partial charge in [0.25, 0.3) is 5.91 Å². The van der Waals surface area contributed by atoms with Gasteiger partial charge in [-0.05, 0) is 23.8 Å². The molecule has 0 aliphatic carbocycles. The molecule has 30 heavy (non-hydrogen) atoms. The van der Waals surface area contributed by atoms with E-state index < -0.39 is 6.61 Å². The van der Waals surface area contributed by atoms with Crippen molar-refractivity contribution in [2.75, 3.05) is 19.5 Å². The van der Waals surface area contributed by atoms with Crippen LogP contribution in [0.2, 0.25) is 0 Å². The van der Waals surface area contributed by atoms with E-state index in [1.165, 1.54) is 20.2 Å². The van der Waals surface area contributed by atoms with E-state index in [9.17, 15) is 13.6 Å². The van der Waals surface area contributed by atoms with Crippen LogP contribution in [0.1, 0.15) is 15.9 Å². The van der Waals surface area contributed by atoms with Gasteiger partial charge in [0, 0.05) is 42.8 Å². The number of hydrogen-bond donors (Lipinski definition) is 2. The maximum absolute atomic E-state index is 12.7. The van der Waals surface area contributed by atoms with E-state index in [0.717, 1.165) is 11.1 Å². The zero-order chi connectivity index (χ0) is 21.5. The van der Waals surface area contributed by atoms with Crippen molar-refractivity contribution in [1.29, 1.82) is 0 Å². The van der Waals surface area contributed by atoms with Crippen LogP contribution in [0.5, 0.6) is 11.8 Å². The molecule has 9 heteroatoms. The summed E-state index contributed by atoms with van der Waals surface area (Å²) in [5.41, 5.74) is 2.95. The van der Waals surface area contributed by atoms with Crippen molar-refractivity contribution in [3.63, 3.8) is 0 Å². The molecule has 2 N–H and O–H groups in total. The predicted molar refractivity (Wildman–Crippen MR) is 108 cm³/mol. The van der Waals surface area contributed by atoms with Gasteiger partial charge in [0.1, 0.15) is 5.75 Å². The highest BCUT2D eigenvalue weighted by atomic mass is 19.3.